The summed E-state index contributed by atoms with van der Waals surface area (Å²) in [6.45, 7) is 3.10. The lowest BCUT2D eigenvalue weighted by Crippen LogP contribution is -2.40. The van der Waals surface area contributed by atoms with E-state index in [0.717, 1.165) is 5.56 Å². The van der Waals surface area contributed by atoms with Gasteiger partial charge in [-0.25, -0.2) is 4.99 Å². The molecule has 1 aromatic carbocycles. The van der Waals surface area contributed by atoms with Gasteiger partial charge >= 0.3 is 0 Å². The lowest BCUT2D eigenvalue weighted by atomic mass is 10.0. The third-order valence-electron chi connectivity index (χ3n) is 2.60. The van der Waals surface area contributed by atoms with Gasteiger partial charge in [-0.15, -0.1) is 0 Å². The summed E-state index contributed by atoms with van der Waals surface area (Å²) in [5.41, 5.74) is -0.254. The molecule has 1 atom stereocenters. The Labute approximate surface area is 99.1 Å². The van der Waals surface area contributed by atoms with Crippen molar-refractivity contribution in [2.75, 3.05) is 0 Å². The van der Waals surface area contributed by atoms with Crippen LogP contribution in [0.4, 0.5) is 0 Å². The molecule has 0 N–H and O–H groups in total. The van der Waals surface area contributed by atoms with Gasteiger partial charge in [-0.3, -0.25) is 4.79 Å². The van der Waals surface area contributed by atoms with E-state index in [0.29, 0.717) is 10.9 Å². The first-order chi connectivity index (χ1) is 7.54. The largest absolute Gasteiger partial charge is 0.455 e. The predicted octanol–water partition coefficient (Wildman–Crippen LogP) is 2.14. The van der Waals surface area contributed by atoms with E-state index < -0.39 is 5.60 Å². The van der Waals surface area contributed by atoms with Crippen molar-refractivity contribution in [3.8, 4) is 0 Å². The molecule has 0 aromatic heterocycles. The summed E-state index contributed by atoms with van der Waals surface area (Å²) >= 11 is 5.07. The van der Waals surface area contributed by atoms with Crippen molar-refractivity contribution in [3.63, 3.8) is 0 Å². The van der Waals surface area contributed by atoms with Gasteiger partial charge in [-0.2, -0.15) is 0 Å². The average Bonchev–Trinajstić information content (AvgIpc) is 2.58. The fraction of sp³-hybridized carbons (Fsp3) is 0.250. The third-order valence-corrected chi connectivity index (χ3v) is 3.09. The van der Waals surface area contributed by atoms with E-state index >= 15 is 0 Å². The Morgan fingerprint density at radius 2 is 2.00 bits per heavy atom. The molecular weight excluding hydrogens is 222 g/mol. The van der Waals surface area contributed by atoms with Gasteiger partial charge in [0.15, 0.2) is 10.8 Å². The number of nitrogens with zero attached hydrogens (tertiary/aromatic N) is 1. The van der Waals surface area contributed by atoms with Crippen molar-refractivity contribution in [3.05, 3.63) is 35.9 Å². The van der Waals surface area contributed by atoms with Crippen molar-refractivity contribution in [2.24, 2.45) is 4.99 Å². The Morgan fingerprint density at radius 1 is 1.38 bits per heavy atom. The minimum atomic E-state index is -1.08. The summed E-state index contributed by atoms with van der Waals surface area (Å²) < 4.78 is 5.57. The maximum absolute atomic E-state index is 11.5. The maximum atomic E-state index is 11.5. The molecule has 0 spiro atoms. The second kappa shape index (κ2) is 3.79. The number of ether oxygens (including phenoxy) is 1. The van der Waals surface area contributed by atoms with Gasteiger partial charge < -0.3 is 4.74 Å². The second-order valence-electron chi connectivity index (χ2n) is 3.78. The number of aliphatic imine (C=N–C) groups is 1. The van der Waals surface area contributed by atoms with Crippen LogP contribution in [0, 0.1) is 0 Å². The number of Topliss-reactive ketones (excluding diaryl/α,β-unsaturated/α-hetero) is 1. The molecule has 0 radical (unpaired) electrons. The third kappa shape index (κ3) is 1.65. The molecular formula is C12H11NO2S. The van der Waals surface area contributed by atoms with Crippen molar-refractivity contribution in [1.82, 2.24) is 0 Å². The molecule has 0 aliphatic carbocycles. The zero-order valence-electron chi connectivity index (χ0n) is 9.06. The first kappa shape index (κ1) is 11.0. The number of ketones is 1. The average molecular weight is 233 g/mol. The van der Waals surface area contributed by atoms with Crippen LogP contribution in [-0.4, -0.2) is 22.3 Å². The van der Waals surface area contributed by atoms with Crippen molar-refractivity contribution in [2.45, 2.75) is 19.4 Å². The lowest BCUT2D eigenvalue weighted by molar-refractivity contribution is -0.126. The van der Waals surface area contributed by atoms with Crippen LogP contribution in [-0.2, 0) is 9.53 Å². The Bertz CT molecular complexity index is 481. The van der Waals surface area contributed by atoms with Crippen LogP contribution in [0.3, 0.4) is 0 Å². The number of hydrogen-bond donors (Lipinski definition) is 0. The number of thiocarbonyl (C=S) groups is 1. The topological polar surface area (TPSA) is 38.7 Å². The van der Waals surface area contributed by atoms with Crippen LogP contribution in [0.2, 0.25) is 0 Å². The molecule has 0 saturated carbocycles. The molecule has 3 nitrogen and oxygen atoms in total. The highest BCUT2D eigenvalue weighted by Gasteiger charge is 2.43. The Hall–Kier alpha value is -1.55. The molecule has 1 aliphatic heterocycles. The molecule has 0 saturated heterocycles. The monoisotopic (exact) mass is 233 g/mol. The van der Waals surface area contributed by atoms with Gasteiger partial charge in [-0.1, -0.05) is 30.4 Å². The maximum Gasteiger partial charge on any atom is 0.223 e. The molecule has 1 heterocycles. The van der Waals surface area contributed by atoms with Gasteiger partial charge in [-0.05, 0) is 26.0 Å². The van der Waals surface area contributed by atoms with Crippen molar-refractivity contribution < 1.29 is 9.53 Å². The molecule has 4 heteroatoms. The minimum absolute atomic E-state index is 0.132. The zero-order valence-corrected chi connectivity index (χ0v) is 9.88. The number of hydrogen-bond acceptors (Lipinski definition) is 3. The van der Waals surface area contributed by atoms with Crippen LogP contribution in [0.25, 0.3) is 0 Å². The van der Waals surface area contributed by atoms with Crippen LogP contribution in [0.1, 0.15) is 19.4 Å². The van der Waals surface area contributed by atoms with Gasteiger partial charge in [0.2, 0.25) is 11.5 Å². The minimum Gasteiger partial charge on any atom is -0.455 e. The van der Waals surface area contributed by atoms with E-state index in [1.165, 1.54) is 6.92 Å². The molecule has 82 valence electrons. The zero-order chi connectivity index (χ0) is 11.8. The summed E-state index contributed by atoms with van der Waals surface area (Å²) in [6.07, 6.45) is 0. The van der Waals surface area contributed by atoms with Crippen LogP contribution in [0.5, 0.6) is 0 Å². The van der Waals surface area contributed by atoms with Crippen molar-refractivity contribution >= 4 is 28.9 Å². The van der Waals surface area contributed by atoms with Gasteiger partial charge in [0.25, 0.3) is 0 Å². The van der Waals surface area contributed by atoms with Gasteiger partial charge in [0.1, 0.15) is 0 Å². The van der Waals surface area contributed by atoms with E-state index in [9.17, 15) is 4.79 Å². The van der Waals surface area contributed by atoms with Gasteiger partial charge in [0.05, 0.1) is 0 Å². The first-order valence-electron chi connectivity index (χ1n) is 4.92. The smallest absolute Gasteiger partial charge is 0.223 e. The number of carbonyl (C=O) groups is 1. The highest BCUT2D eigenvalue weighted by molar-refractivity contribution is 7.80. The standard InChI is InChI=1S/C12H11NO2S/c1-8(14)12(2)11(16)13-10(15-12)9-6-4-3-5-7-9/h3-7H,1-2H3/t12-/m1/s1. The highest BCUT2D eigenvalue weighted by atomic mass is 32.1. The Kier molecular flexibility index (Phi) is 2.59. The lowest BCUT2D eigenvalue weighted by Gasteiger charge is -2.19. The van der Waals surface area contributed by atoms with E-state index in [4.69, 9.17) is 17.0 Å². The fourth-order valence-corrected chi connectivity index (χ4v) is 1.65. The van der Waals surface area contributed by atoms with E-state index in [-0.39, 0.29) is 5.78 Å². The van der Waals surface area contributed by atoms with E-state index in [1.807, 2.05) is 30.3 Å². The van der Waals surface area contributed by atoms with Gasteiger partial charge in [0, 0.05) is 5.56 Å². The number of benzene rings is 1. The van der Waals surface area contributed by atoms with E-state index in [1.54, 1.807) is 6.92 Å². The summed E-state index contributed by atoms with van der Waals surface area (Å²) in [7, 11) is 0. The Balaban J connectivity index is 2.34. The van der Waals surface area contributed by atoms with Crippen LogP contribution >= 0.6 is 12.2 Å². The molecule has 0 bridgehead atoms. The quantitative estimate of drug-likeness (QED) is 0.735. The normalized spacial score (nSPS) is 23.9. The van der Waals surface area contributed by atoms with Crippen LogP contribution < -0.4 is 0 Å². The first-order valence-corrected chi connectivity index (χ1v) is 5.33. The molecule has 0 unspecified atom stereocenters. The summed E-state index contributed by atoms with van der Waals surface area (Å²) in [5.74, 6) is 0.287. The molecule has 1 aliphatic rings. The fourth-order valence-electron chi connectivity index (χ4n) is 1.39. The van der Waals surface area contributed by atoms with E-state index in [2.05, 4.69) is 4.99 Å². The van der Waals surface area contributed by atoms with Crippen LogP contribution in [0.15, 0.2) is 35.3 Å². The summed E-state index contributed by atoms with van der Waals surface area (Å²) in [5, 5.41) is 0. The summed E-state index contributed by atoms with van der Waals surface area (Å²) in [6, 6.07) is 9.41. The predicted molar refractivity (Wildman–Crippen MR) is 65.7 cm³/mol. The molecule has 0 fully saturated rings. The SMILES string of the molecule is CC(=O)[C@@]1(C)OC(c2ccccc2)=NC1=S. The van der Waals surface area contributed by atoms with Crippen molar-refractivity contribution in [1.29, 1.82) is 0 Å². The highest BCUT2D eigenvalue weighted by Crippen LogP contribution is 2.25. The molecule has 2 rings (SSSR count). The molecule has 1 aromatic rings. The number of rotatable bonds is 2. The summed E-state index contributed by atoms with van der Waals surface area (Å²) in [4.78, 5) is 15.9. The Morgan fingerprint density at radius 3 is 2.50 bits per heavy atom. The second-order valence-corrected chi connectivity index (χ2v) is 4.17. The molecule has 0 amide bonds. The molecule has 16 heavy (non-hydrogen) atoms. The number of carbonyl (C=O) groups excluding carboxylic acids is 1.